The monoisotopic (exact) mass is 293 g/mol. The van der Waals surface area contributed by atoms with E-state index in [0.717, 1.165) is 18.7 Å². The van der Waals surface area contributed by atoms with Gasteiger partial charge in [-0.15, -0.1) is 0 Å². The maximum absolute atomic E-state index is 11.7. The zero-order valence-corrected chi connectivity index (χ0v) is 12.7. The van der Waals surface area contributed by atoms with Crippen molar-refractivity contribution in [2.24, 2.45) is 0 Å². The Hall–Kier alpha value is -1.82. The fraction of sp³-hybridized carbons (Fsp3) is 0.429. The summed E-state index contributed by atoms with van der Waals surface area (Å²) < 4.78 is 6.66. The summed E-state index contributed by atoms with van der Waals surface area (Å²) >= 11 is 1.67. The molecule has 6 heteroatoms. The third-order valence-corrected chi connectivity index (χ3v) is 4.00. The van der Waals surface area contributed by atoms with E-state index in [4.69, 9.17) is 10.5 Å². The number of thiophene rings is 1. The molecule has 0 saturated heterocycles. The van der Waals surface area contributed by atoms with Crippen molar-refractivity contribution in [1.82, 2.24) is 9.55 Å². The SMILES string of the molecule is CCc1nc(C(=O)OC)c(N)n1C(C)Cc1ccsc1. The van der Waals surface area contributed by atoms with Crippen molar-refractivity contribution in [2.75, 3.05) is 12.8 Å². The van der Waals surface area contributed by atoms with Gasteiger partial charge in [-0.25, -0.2) is 9.78 Å². The van der Waals surface area contributed by atoms with E-state index >= 15 is 0 Å². The summed E-state index contributed by atoms with van der Waals surface area (Å²) in [6, 6.07) is 2.24. The molecule has 0 aliphatic rings. The Bertz CT molecular complexity index is 590. The number of methoxy groups -OCH3 is 1. The van der Waals surface area contributed by atoms with Crippen LogP contribution < -0.4 is 5.73 Å². The topological polar surface area (TPSA) is 70.1 Å². The van der Waals surface area contributed by atoms with Crippen LogP contribution in [0.25, 0.3) is 0 Å². The lowest BCUT2D eigenvalue weighted by Crippen LogP contribution is -2.14. The van der Waals surface area contributed by atoms with Crippen LogP contribution in [-0.4, -0.2) is 22.6 Å². The van der Waals surface area contributed by atoms with E-state index in [1.54, 1.807) is 11.3 Å². The quantitative estimate of drug-likeness (QED) is 0.860. The Morgan fingerprint density at radius 1 is 1.60 bits per heavy atom. The van der Waals surface area contributed by atoms with E-state index in [0.29, 0.717) is 5.82 Å². The largest absolute Gasteiger partial charge is 0.464 e. The molecular weight excluding hydrogens is 274 g/mol. The van der Waals surface area contributed by atoms with Gasteiger partial charge in [0.05, 0.1) is 7.11 Å². The molecule has 1 atom stereocenters. The third kappa shape index (κ3) is 2.70. The molecule has 2 aromatic heterocycles. The van der Waals surface area contributed by atoms with Gasteiger partial charge in [0.1, 0.15) is 11.6 Å². The molecule has 108 valence electrons. The Morgan fingerprint density at radius 3 is 2.90 bits per heavy atom. The molecule has 0 aliphatic carbocycles. The Morgan fingerprint density at radius 2 is 2.35 bits per heavy atom. The Labute approximate surface area is 122 Å². The second-order valence-corrected chi connectivity index (χ2v) is 5.44. The number of nitrogen functional groups attached to an aromatic ring is 1. The van der Waals surface area contributed by atoms with Crippen molar-refractivity contribution in [3.05, 3.63) is 33.9 Å². The number of aromatic nitrogens is 2. The highest BCUT2D eigenvalue weighted by atomic mass is 32.1. The molecule has 2 aromatic rings. The summed E-state index contributed by atoms with van der Waals surface area (Å²) in [5, 5.41) is 4.18. The van der Waals surface area contributed by atoms with E-state index in [1.165, 1.54) is 12.7 Å². The van der Waals surface area contributed by atoms with Crippen molar-refractivity contribution in [2.45, 2.75) is 32.7 Å². The molecule has 2 N–H and O–H groups in total. The van der Waals surface area contributed by atoms with Crippen molar-refractivity contribution in [1.29, 1.82) is 0 Å². The van der Waals surface area contributed by atoms with Crippen LogP contribution in [0.15, 0.2) is 16.8 Å². The van der Waals surface area contributed by atoms with Crippen LogP contribution >= 0.6 is 11.3 Å². The first-order valence-electron chi connectivity index (χ1n) is 6.54. The van der Waals surface area contributed by atoms with Crippen LogP contribution in [0.5, 0.6) is 0 Å². The van der Waals surface area contributed by atoms with Gasteiger partial charge in [0.25, 0.3) is 0 Å². The van der Waals surface area contributed by atoms with Crippen LogP contribution in [0, 0.1) is 0 Å². The average molecular weight is 293 g/mol. The molecule has 1 unspecified atom stereocenters. The molecule has 2 heterocycles. The van der Waals surface area contributed by atoms with E-state index in [2.05, 4.69) is 28.7 Å². The molecule has 20 heavy (non-hydrogen) atoms. The molecule has 0 spiro atoms. The van der Waals surface area contributed by atoms with Crippen LogP contribution in [0.4, 0.5) is 5.82 Å². The predicted molar refractivity (Wildman–Crippen MR) is 80.1 cm³/mol. The van der Waals surface area contributed by atoms with Gasteiger partial charge in [-0.05, 0) is 35.7 Å². The first-order chi connectivity index (χ1) is 9.58. The highest BCUT2D eigenvalue weighted by Crippen LogP contribution is 2.25. The molecule has 5 nitrogen and oxygen atoms in total. The van der Waals surface area contributed by atoms with Crippen LogP contribution in [0.3, 0.4) is 0 Å². The van der Waals surface area contributed by atoms with Crippen LogP contribution in [-0.2, 0) is 17.6 Å². The summed E-state index contributed by atoms with van der Waals surface area (Å²) in [4.78, 5) is 16.0. The highest BCUT2D eigenvalue weighted by Gasteiger charge is 2.23. The predicted octanol–water partition coefficient (Wildman–Crippen LogP) is 2.68. The zero-order valence-electron chi connectivity index (χ0n) is 11.9. The van der Waals surface area contributed by atoms with Gasteiger partial charge in [0.15, 0.2) is 5.69 Å². The molecule has 0 bridgehead atoms. The lowest BCUT2D eigenvalue weighted by atomic mass is 10.1. The van der Waals surface area contributed by atoms with E-state index in [-0.39, 0.29) is 11.7 Å². The standard InChI is InChI=1S/C14H19N3O2S/c1-4-11-16-12(14(18)19-3)13(15)17(11)9(2)7-10-5-6-20-8-10/h5-6,8-9H,4,7,15H2,1-3H3. The molecule has 0 fully saturated rings. The molecule has 0 amide bonds. The molecule has 0 aromatic carbocycles. The number of rotatable bonds is 5. The van der Waals surface area contributed by atoms with Gasteiger partial charge in [-0.2, -0.15) is 11.3 Å². The Kier molecular flexibility index (Phi) is 4.44. The lowest BCUT2D eigenvalue weighted by molar-refractivity contribution is 0.0595. The first-order valence-corrected chi connectivity index (χ1v) is 7.48. The highest BCUT2D eigenvalue weighted by molar-refractivity contribution is 7.07. The summed E-state index contributed by atoms with van der Waals surface area (Å²) in [5.74, 6) is 0.709. The van der Waals surface area contributed by atoms with Gasteiger partial charge in [0.2, 0.25) is 0 Å². The fourth-order valence-electron chi connectivity index (χ4n) is 2.32. The number of esters is 1. The third-order valence-electron chi connectivity index (χ3n) is 3.27. The van der Waals surface area contributed by atoms with E-state index in [9.17, 15) is 4.79 Å². The number of nitrogens with two attached hydrogens (primary N) is 1. The summed E-state index contributed by atoms with van der Waals surface area (Å²) in [7, 11) is 1.33. The minimum absolute atomic E-state index is 0.144. The maximum Gasteiger partial charge on any atom is 0.360 e. The smallest absolute Gasteiger partial charge is 0.360 e. The normalized spacial score (nSPS) is 12.3. The van der Waals surface area contributed by atoms with Crippen molar-refractivity contribution in [3.63, 3.8) is 0 Å². The van der Waals surface area contributed by atoms with E-state index < -0.39 is 5.97 Å². The average Bonchev–Trinajstić information content (AvgIpc) is 3.05. The summed E-state index contributed by atoms with van der Waals surface area (Å²) in [6.45, 7) is 4.08. The Balaban J connectivity index is 2.34. The minimum atomic E-state index is -0.487. The number of imidazole rings is 1. The maximum atomic E-state index is 11.7. The first kappa shape index (κ1) is 14.6. The van der Waals surface area contributed by atoms with E-state index in [1.807, 2.05) is 11.5 Å². The summed E-state index contributed by atoms with van der Waals surface area (Å²) in [6.07, 6.45) is 1.58. The second kappa shape index (κ2) is 6.09. The van der Waals surface area contributed by atoms with Gasteiger partial charge in [-0.3, -0.25) is 0 Å². The van der Waals surface area contributed by atoms with Crippen molar-refractivity contribution >= 4 is 23.1 Å². The van der Waals surface area contributed by atoms with Crippen LogP contribution in [0.2, 0.25) is 0 Å². The molecule has 0 saturated carbocycles. The fourth-order valence-corrected chi connectivity index (χ4v) is 3.00. The minimum Gasteiger partial charge on any atom is -0.464 e. The summed E-state index contributed by atoms with van der Waals surface area (Å²) in [5.41, 5.74) is 7.56. The van der Waals surface area contributed by atoms with Crippen molar-refractivity contribution < 1.29 is 9.53 Å². The zero-order chi connectivity index (χ0) is 14.7. The lowest BCUT2D eigenvalue weighted by Gasteiger charge is -2.17. The number of aryl methyl sites for hydroxylation is 1. The molecule has 0 aliphatic heterocycles. The number of carbonyl (C=O) groups excluding carboxylic acids is 1. The van der Waals surface area contributed by atoms with Gasteiger partial charge in [0, 0.05) is 12.5 Å². The van der Waals surface area contributed by atoms with Crippen molar-refractivity contribution in [3.8, 4) is 0 Å². The van der Waals surface area contributed by atoms with Gasteiger partial charge >= 0.3 is 5.97 Å². The number of hydrogen-bond donors (Lipinski definition) is 1. The van der Waals surface area contributed by atoms with Gasteiger partial charge in [-0.1, -0.05) is 6.92 Å². The van der Waals surface area contributed by atoms with Gasteiger partial charge < -0.3 is 15.0 Å². The number of nitrogens with zero attached hydrogens (tertiary/aromatic N) is 2. The number of anilines is 1. The second-order valence-electron chi connectivity index (χ2n) is 4.66. The molecular formula is C14H19N3O2S. The number of ether oxygens (including phenoxy) is 1. The molecule has 0 radical (unpaired) electrons. The molecule has 2 rings (SSSR count). The van der Waals surface area contributed by atoms with Crippen LogP contribution in [0.1, 0.15) is 41.8 Å². The number of hydrogen-bond acceptors (Lipinski definition) is 5. The number of carbonyl (C=O) groups is 1.